The molecule has 1 aliphatic carbocycles. The van der Waals surface area contributed by atoms with Crippen molar-refractivity contribution in [3.8, 4) is 0 Å². The molecule has 1 saturated carbocycles. The lowest BCUT2D eigenvalue weighted by molar-refractivity contribution is -0.157. The van der Waals surface area contributed by atoms with Crippen molar-refractivity contribution in [2.75, 3.05) is 18.6 Å². The Morgan fingerprint density at radius 3 is 2.68 bits per heavy atom. The van der Waals surface area contributed by atoms with Gasteiger partial charge in [-0.1, -0.05) is 12.1 Å². The fraction of sp³-hybridized carbons (Fsp3) is 0.471. The first-order valence-electron chi connectivity index (χ1n) is 8.04. The summed E-state index contributed by atoms with van der Waals surface area (Å²) in [6.07, 6.45) is 0.912. The maximum atomic E-state index is 13.0. The summed E-state index contributed by atoms with van der Waals surface area (Å²) in [7, 11) is 1.52. The minimum absolute atomic E-state index is 0.0687. The summed E-state index contributed by atoms with van der Waals surface area (Å²) in [6, 6.07) is 6.78. The zero-order valence-electron chi connectivity index (χ0n) is 13.5. The minimum atomic E-state index is -1.45. The molecule has 0 spiro atoms. The predicted octanol–water partition coefficient (Wildman–Crippen LogP) is 2.33. The van der Waals surface area contributed by atoms with Crippen LogP contribution in [0.15, 0.2) is 24.3 Å². The fourth-order valence-corrected chi connectivity index (χ4v) is 4.13. The molecule has 132 valence electrons. The second-order valence-electron chi connectivity index (χ2n) is 6.69. The molecule has 8 heteroatoms. The Labute approximate surface area is 154 Å². The van der Waals surface area contributed by atoms with E-state index in [1.165, 1.54) is 16.8 Å². The number of alkyl halides is 2. The zero-order chi connectivity index (χ0) is 18.0. The molecular weight excluding hydrogens is 367 g/mol. The average molecular weight is 383 g/mol. The smallest absolute Gasteiger partial charge is 0.353 e. The van der Waals surface area contributed by atoms with Crippen LogP contribution in [0.5, 0.6) is 0 Å². The third-order valence-electron chi connectivity index (χ3n) is 5.24. The van der Waals surface area contributed by atoms with Crippen LogP contribution in [0, 0.1) is 5.92 Å². The first-order chi connectivity index (χ1) is 11.8. The topological polar surface area (TPSA) is 66.9 Å². The van der Waals surface area contributed by atoms with Crippen LogP contribution in [0.1, 0.15) is 29.6 Å². The molecule has 2 atom stereocenters. The largest absolute Gasteiger partial charge is 0.462 e. The molecule has 0 radical (unpaired) electrons. The maximum absolute atomic E-state index is 13.0. The van der Waals surface area contributed by atoms with E-state index in [9.17, 15) is 14.4 Å². The monoisotopic (exact) mass is 382 g/mol. The second kappa shape index (κ2) is 5.35. The predicted molar refractivity (Wildman–Crippen MR) is 91.5 cm³/mol. The van der Waals surface area contributed by atoms with E-state index < -0.39 is 16.0 Å². The highest BCUT2D eigenvalue weighted by Crippen LogP contribution is 2.53. The van der Waals surface area contributed by atoms with Gasteiger partial charge in [-0.15, -0.1) is 23.2 Å². The molecule has 1 saturated heterocycles. The number of halogens is 2. The summed E-state index contributed by atoms with van der Waals surface area (Å²) < 4.78 is 4.58. The number of ether oxygens (including phenoxy) is 1. The average Bonchev–Trinajstić information content (AvgIpc) is 3.04. The van der Waals surface area contributed by atoms with E-state index in [2.05, 4.69) is 0 Å². The number of rotatable bonds is 3. The SMILES string of the molecule is CN1C(=O)c2ccccc2N2C(=O)CCC12C(=O)OCC1CC1(Cl)Cl. The number of carbonyl (C=O) groups excluding carboxylic acids is 3. The Bertz CT molecular complexity index is 797. The van der Waals surface area contributed by atoms with Crippen LogP contribution in [-0.2, 0) is 14.3 Å². The molecule has 0 bridgehead atoms. The fourth-order valence-electron chi connectivity index (χ4n) is 3.63. The highest BCUT2D eigenvalue weighted by Gasteiger charge is 2.61. The molecule has 2 aliphatic heterocycles. The number of para-hydroxylation sites is 1. The molecule has 6 nitrogen and oxygen atoms in total. The Hall–Kier alpha value is -1.79. The van der Waals surface area contributed by atoms with Crippen LogP contribution >= 0.6 is 23.2 Å². The van der Waals surface area contributed by atoms with Crippen LogP contribution in [0.25, 0.3) is 0 Å². The van der Waals surface area contributed by atoms with Gasteiger partial charge in [0.05, 0.1) is 17.9 Å². The summed E-state index contributed by atoms with van der Waals surface area (Å²) in [5.74, 6) is -1.27. The number of esters is 1. The molecule has 0 N–H and O–H groups in total. The second-order valence-corrected chi connectivity index (χ2v) is 8.23. The first kappa shape index (κ1) is 16.7. The quantitative estimate of drug-likeness (QED) is 0.594. The molecular formula is C17H16Cl2N2O4. The molecule has 25 heavy (non-hydrogen) atoms. The number of anilines is 1. The van der Waals surface area contributed by atoms with Crippen molar-refractivity contribution >= 4 is 46.7 Å². The summed E-state index contributed by atoms with van der Waals surface area (Å²) in [5, 5.41) is 0. The minimum Gasteiger partial charge on any atom is -0.462 e. The summed E-state index contributed by atoms with van der Waals surface area (Å²) in [4.78, 5) is 41.0. The van der Waals surface area contributed by atoms with Crippen molar-refractivity contribution in [1.82, 2.24) is 4.90 Å². The number of hydrogen-bond acceptors (Lipinski definition) is 4. The van der Waals surface area contributed by atoms with Gasteiger partial charge in [0.2, 0.25) is 11.6 Å². The number of hydrogen-bond donors (Lipinski definition) is 0. The molecule has 2 fully saturated rings. The van der Waals surface area contributed by atoms with Gasteiger partial charge >= 0.3 is 5.97 Å². The van der Waals surface area contributed by atoms with Gasteiger partial charge in [-0.3, -0.25) is 14.5 Å². The van der Waals surface area contributed by atoms with Crippen molar-refractivity contribution in [3.05, 3.63) is 29.8 Å². The van der Waals surface area contributed by atoms with E-state index >= 15 is 0 Å². The van der Waals surface area contributed by atoms with Crippen molar-refractivity contribution in [1.29, 1.82) is 0 Å². The third-order valence-corrected chi connectivity index (χ3v) is 6.17. The van der Waals surface area contributed by atoms with Gasteiger partial charge < -0.3 is 9.64 Å². The van der Waals surface area contributed by atoms with E-state index in [-0.39, 0.29) is 37.2 Å². The van der Waals surface area contributed by atoms with Crippen LogP contribution in [-0.4, -0.2) is 46.3 Å². The maximum Gasteiger partial charge on any atom is 0.353 e. The molecule has 2 heterocycles. The molecule has 1 aromatic rings. The molecule has 2 amide bonds. The molecule has 0 aromatic heterocycles. The molecule has 3 aliphatic rings. The number of carbonyl (C=O) groups is 3. The Morgan fingerprint density at radius 2 is 2.00 bits per heavy atom. The lowest BCUT2D eigenvalue weighted by Crippen LogP contribution is -2.67. The standard InChI is InChI=1S/C17H16Cl2N2O4/c1-20-14(23)11-4-2-3-5-12(11)21-13(22)6-7-17(20,21)15(24)25-9-10-8-16(10,18)19/h2-5,10H,6-9H2,1H3. The van der Waals surface area contributed by atoms with Crippen LogP contribution < -0.4 is 4.90 Å². The summed E-state index contributed by atoms with van der Waals surface area (Å²) >= 11 is 11.9. The summed E-state index contributed by atoms with van der Waals surface area (Å²) in [5.41, 5.74) is -0.606. The van der Waals surface area contributed by atoms with Crippen LogP contribution in [0.4, 0.5) is 5.69 Å². The highest BCUT2D eigenvalue weighted by molar-refractivity contribution is 6.50. The van der Waals surface area contributed by atoms with E-state index in [1.807, 2.05) is 0 Å². The van der Waals surface area contributed by atoms with Crippen molar-refractivity contribution in [3.63, 3.8) is 0 Å². The molecule has 2 unspecified atom stereocenters. The number of nitrogens with zero attached hydrogens (tertiary/aromatic N) is 2. The summed E-state index contributed by atoms with van der Waals surface area (Å²) in [6.45, 7) is 0.0687. The van der Waals surface area contributed by atoms with Gasteiger partial charge in [0.1, 0.15) is 4.33 Å². The van der Waals surface area contributed by atoms with Gasteiger partial charge in [0.25, 0.3) is 5.91 Å². The van der Waals surface area contributed by atoms with E-state index in [4.69, 9.17) is 27.9 Å². The van der Waals surface area contributed by atoms with Gasteiger partial charge in [-0.2, -0.15) is 0 Å². The van der Waals surface area contributed by atoms with Crippen molar-refractivity contribution in [2.24, 2.45) is 5.92 Å². The lowest BCUT2D eigenvalue weighted by Gasteiger charge is -2.46. The van der Waals surface area contributed by atoms with Gasteiger partial charge in [-0.25, -0.2) is 4.79 Å². The van der Waals surface area contributed by atoms with Crippen molar-refractivity contribution < 1.29 is 19.1 Å². The Morgan fingerprint density at radius 1 is 1.32 bits per heavy atom. The van der Waals surface area contributed by atoms with Crippen LogP contribution in [0.2, 0.25) is 0 Å². The van der Waals surface area contributed by atoms with Gasteiger partial charge in [-0.05, 0) is 18.6 Å². The van der Waals surface area contributed by atoms with E-state index in [1.54, 1.807) is 24.3 Å². The van der Waals surface area contributed by atoms with Crippen molar-refractivity contribution in [2.45, 2.75) is 29.3 Å². The lowest BCUT2D eigenvalue weighted by atomic mass is 9.97. The number of benzene rings is 1. The van der Waals surface area contributed by atoms with E-state index in [0.29, 0.717) is 17.7 Å². The number of fused-ring (bicyclic) bond motifs is 3. The number of amides is 2. The van der Waals surface area contributed by atoms with Crippen LogP contribution in [0.3, 0.4) is 0 Å². The van der Waals surface area contributed by atoms with Gasteiger partial charge in [0.15, 0.2) is 0 Å². The first-order valence-corrected chi connectivity index (χ1v) is 8.80. The van der Waals surface area contributed by atoms with Gasteiger partial charge in [0, 0.05) is 25.8 Å². The van der Waals surface area contributed by atoms with E-state index in [0.717, 1.165) is 0 Å². The number of likely N-dealkylation sites (N-methyl/N-ethyl adjacent to an activating group) is 1. The Balaban J connectivity index is 1.70. The zero-order valence-corrected chi connectivity index (χ0v) is 15.0. The normalized spacial score (nSPS) is 29.3. The highest BCUT2D eigenvalue weighted by atomic mass is 35.5. The molecule has 4 rings (SSSR count). The molecule has 1 aromatic carbocycles. The Kier molecular flexibility index (Phi) is 3.57. The third kappa shape index (κ3) is 2.27.